The van der Waals surface area contributed by atoms with Gasteiger partial charge >= 0.3 is 0 Å². The predicted octanol–water partition coefficient (Wildman–Crippen LogP) is 5.24. The molecule has 6 nitrogen and oxygen atoms in total. The van der Waals surface area contributed by atoms with Gasteiger partial charge in [-0.15, -0.1) is 0 Å². The van der Waals surface area contributed by atoms with Crippen molar-refractivity contribution < 1.29 is 14.3 Å². The molecule has 0 atom stereocenters. The average molecular weight is 458 g/mol. The highest BCUT2D eigenvalue weighted by molar-refractivity contribution is 5.96. The van der Waals surface area contributed by atoms with Gasteiger partial charge in [0.15, 0.2) is 0 Å². The van der Waals surface area contributed by atoms with Gasteiger partial charge in [0.2, 0.25) is 0 Å². The van der Waals surface area contributed by atoms with E-state index in [1.807, 2.05) is 36.4 Å². The summed E-state index contributed by atoms with van der Waals surface area (Å²) in [4.78, 5) is 17.3. The Kier molecular flexibility index (Phi) is 7.81. The number of ether oxygens (including phenoxy) is 2. The number of methoxy groups -OCH3 is 2. The first kappa shape index (κ1) is 23.4. The molecular weight excluding hydrogens is 426 g/mol. The third-order valence-electron chi connectivity index (χ3n) is 5.97. The van der Waals surface area contributed by atoms with Crippen LogP contribution < -0.4 is 14.8 Å². The summed E-state index contributed by atoms with van der Waals surface area (Å²) in [6.45, 7) is 1.35. The number of rotatable bonds is 11. The fraction of sp³-hybridized carbons (Fsp3) is 0.286. The van der Waals surface area contributed by atoms with Crippen LogP contribution >= 0.6 is 0 Å². The third kappa shape index (κ3) is 5.39. The van der Waals surface area contributed by atoms with Crippen LogP contribution in [0.4, 0.5) is 0 Å². The maximum Gasteiger partial charge on any atom is 0.255 e. The van der Waals surface area contributed by atoms with Crippen molar-refractivity contribution in [2.75, 3.05) is 20.8 Å². The van der Waals surface area contributed by atoms with Crippen molar-refractivity contribution in [3.8, 4) is 11.5 Å². The second kappa shape index (κ2) is 11.4. The third-order valence-corrected chi connectivity index (χ3v) is 5.97. The van der Waals surface area contributed by atoms with E-state index in [2.05, 4.69) is 34.1 Å². The van der Waals surface area contributed by atoms with E-state index >= 15 is 0 Å². The lowest BCUT2D eigenvalue weighted by molar-refractivity contribution is 0.0950. The molecule has 0 saturated heterocycles. The van der Waals surface area contributed by atoms with Crippen LogP contribution in [0.25, 0.3) is 11.0 Å². The van der Waals surface area contributed by atoms with Crippen molar-refractivity contribution in [1.29, 1.82) is 0 Å². The largest absolute Gasteiger partial charge is 0.496 e. The molecule has 0 fully saturated rings. The zero-order valence-corrected chi connectivity index (χ0v) is 19.8. The van der Waals surface area contributed by atoms with Gasteiger partial charge in [-0.05, 0) is 43.2 Å². The molecule has 3 aromatic carbocycles. The normalized spacial score (nSPS) is 10.9. The molecule has 176 valence electrons. The summed E-state index contributed by atoms with van der Waals surface area (Å²) in [5.41, 5.74) is 3.84. The number of aryl methyl sites for hydroxylation is 1. The molecular formula is C28H31N3O3. The highest BCUT2D eigenvalue weighted by atomic mass is 16.5. The molecule has 4 rings (SSSR count). The molecule has 4 aromatic rings. The van der Waals surface area contributed by atoms with Gasteiger partial charge in [0.1, 0.15) is 17.3 Å². The smallest absolute Gasteiger partial charge is 0.255 e. The minimum absolute atomic E-state index is 0.101. The van der Waals surface area contributed by atoms with Crippen molar-refractivity contribution in [3.05, 3.63) is 89.7 Å². The maximum atomic E-state index is 12.4. The van der Waals surface area contributed by atoms with E-state index in [0.29, 0.717) is 17.9 Å². The fourth-order valence-corrected chi connectivity index (χ4v) is 4.21. The van der Waals surface area contributed by atoms with Gasteiger partial charge < -0.3 is 19.4 Å². The topological polar surface area (TPSA) is 65.4 Å². The predicted molar refractivity (Wildman–Crippen MR) is 135 cm³/mol. The molecule has 1 N–H and O–H groups in total. The Labute approximate surface area is 200 Å². The summed E-state index contributed by atoms with van der Waals surface area (Å²) < 4.78 is 13.1. The van der Waals surface area contributed by atoms with Gasteiger partial charge in [0.25, 0.3) is 5.91 Å². The van der Waals surface area contributed by atoms with Crippen molar-refractivity contribution in [3.63, 3.8) is 0 Å². The van der Waals surface area contributed by atoms with Crippen LogP contribution in [0.3, 0.4) is 0 Å². The zero-order chi connectivity index (χ0) is 23.8. The quantitative estimate of drug-likeness (QED) is 0.313. The van der Waals surface area contributed by atoms with Crippen LogP contribution in [-0.4, -0.2) is 36.2 Å². The van der Waals surface area contributed by atoms with Crippen molar-refractivity contribution in [2.45, 2.75) is 32.2 Å². The Hall–Kier alpha value is -3.80. The van der Waals surface area contributed by atoms with Gasteiger partial charge in [0.05, 0.1) is 37.4 Å². The summed E-state index contributed by atoms with van der Waals surface area (Å²) in [5.74, 6) is 2.45. The van der Waals surface area contributed by atoms with Crippen LogP contribution in [0.1, 0.15) is 41.0 Å². The Bertz CT molecular complexity index is 1250. The number of carbonyl (C=O) groups is 1. The van der Waals surface area contributed by atoms with E-state index < -0.39 is 0 Å². The number of hydrogen-bond acceptors (Lipinski definition) is 4. The van der Waals surface area contributed by atoms with Gasteiger partial charge in [-0.2, -0.15) is 0 Å². The Balaban J connectivity index is 1.35. The lowest BCUT2D eigenvalue weighted by Gasteiger charge is -2.13. The number of imidazole rings is 1. The summed E-state index contributed by atoms with van der Waals surface area (Å²) in [6, 6.07) is 23.7. The summed E-state index contributed by atoms with van der Waals surface area (Å²) in [7, 11) is 3.28. The van der Waals surface area contributed by atoms with E-state index in [0.717, 1.165) is 60.4 Å². The number of amides is 1. The standard InChI is InChI=1S/C28H31N3O3/c1-33-25-16-9-5-12-21(25)20-31-24-15-8-7-14-23(24)30-27(31)18-4-3-11-19-29-28(32)22-13-6-10-17-26(22)34-2/h5-10,12-17H,3-4,11,18-20H2,1-2H3,(H,29,32). The van der Waals surface area contributed by atoms with Gasteiger partial charge in [0, 0.05) is 18.5 Å². The first-order valence-corrected chi connectivity index (χ1v) is 11.7. The number of unbranched alkanes of at least 4 members (excludes halogenated alkanes) is 2. The number of nitrogens with one attached hydrogen (secondary N) is 1. The maximum absolute atomic E-state index is 12.4. The molecule has 1 amide bonds. The van der Waals surface area contributed by atoms with Gasteiger partial charge in [-0.25, -0.2) is 4.98 Å². The molecule has 6 heteroatoms. The minimum Gasteiger partial charge on any atom is -0.496 e. The molecule has 0 aliphatic heterocycles. The van der Waals surface area contributed by atoms with Crippen LogP contribution in [0.15, 0.2) is 72.8 Å². The number of carbonyl (C=O) groups excluding carboxylic acids is 1. The number of para-hydroxylation sites is 4. The summed E-state index contributed by atoms with van der Waals surface area (Å²) in [5, 5.41) is 3.00. The molecule has 0 unspecified atom stereocenters. The molecule has 1 aromatic heterocycles. The van der Waals surface area contributed by atoms with E-state index in [4.69, 9.17) is 14.5 Å². The second-order valence-corrected chi connectivity index (χ2v) is 8.18. The first-order chi connectivity index (χ1) is 16.7. The Morgan fingerprint density at radius 1 is 0.853 bits per heavy atom. The van der Waals surface area contributed by atoms with Crippen LogP contribution in [0.5, 0.6) is 11.5 Å². The second-order valence-electron chi connectivity index (χ2n) is 8.18. The SMILES string of the molecule is COc1ccccc1Cn1c(CCCCCNC(=O)c2ccccc2OC)nc2ccccc21. The highest BCUT2D eigenvalue weighted by Gasteiger charge is 2.13. The molecule has 0 spiro atoms. The average Bonchev–Trinajstić information content (AvgIpc) is 3.23. The van der Waals surface area contributed by atoms with E-state index in [-0.39, 0.29) is 5.91 Å². The molecule has 34 heavy (non-hydrogen) atoms. The van der Waals surface area contributed by atoms with Crippen molar-refractivity contribution in [2.24, 2.45) is 0 Å². The molecule has 0 bridgehead atoms. The lowest BCUT2D eigenvalue weighted by Crippen LogP contribution is -2.24. The number of aromatic nitrogens is 2. The monoisotopic (exact) mass is 457 g/mol. The minimum atomic E-state index is -0.101. The van der Waals surface area contributed by atoms with E-state index in [9.17, 15) is 4.79 Å². The molecule has 0 aliphatic carbocycles. The van der Waals surface area contributed by atoms with Crippen LogP contribution in [0, 0.1) is 0 Å². The molecule has 0 aliphatic rings. The van der Waals surface area contributed by atoms with E-state index in [1.165, 1.54) is 0 Å². The van der Waals surface area contributed by atoms with Crippen LogP contribution in [-0.2, 0) is 13.0 Å². The number of fused-ring (bicyclic) bond motifs is 1. The molecule has 0 radical (unpaired) electrons. The molecule has 1 heterocycles. The zero-order valence-electron chi connectivity index (χ0n) is 19.8. The van der Waals surface area contributed by atoms with Crippen LogP contribution in [0.2, 0.25) is 0 Å². The number of hydrogen-bond donors (Lipinski definition) is 1. The summed E-state index contributed by atoms with van der Waals surface area (Å²) in [6.07, 6.45) is 3.79. The fourth-order valence-electron chi connectivity index (χ4n) is 4.21. The van der Waals surface area contributed by atoms with E-state index in [1.54, 1.807) is 26.4 Å². The lowest BCUT2D eigenvalue weighted by atomic mass is 10.1. The van der Waals surface area contributed by atoms with Crippen molar-refractivity contribution in [1.82, 2.24) is 14.9 Å². The summed E-state index contributed by atoms with van der Waals surface area (Å²) >= 11 is 0. The van der Waals surface area contributed by atoms with Crippen molar-refractivity contribution >= 4 is 16.9 Å². The van der Waals surface area contributed by atoms with Gasteiger partial charge in [-0.1, -0.05) is 48.9 Å². The Morgan fingerprint density at radius 2 is 1.56 bits per heavy atom. The number of nitrogens with zero attached hydrogens (tertiary/aromatic N) is 2. The Morgan fingerprint density at radius 3 is 2.38 bits per heavy atom. The van der Waals surface area contributed by atoms with Gasteiger partial charge in [-0.3, -0.25) is 4.79 Å². The number of benzene rings is 3. The highest BCUT2D eigenvalue weighted by Crippen LogP contribution is 2.24. The molecule has 0 saturated carbocycles. The first-order valence-electron chi connectivity index (χ1n) is 11.7.